The molecule has 0 fully saturated rings. The highest BCUT2D eigenvalue weighted by Crippen LogP contribution is 2.29. The third-order valence-corrected chi connectivity index (χ3v) is 5.81. The van der Waals surface area contributed by atoms with Gasteiger partial charge < -0.3 is 4.84 Å². The number of rotatable bonds is 9. The predicted octanol–water partition coefficient (Wildman–Crippen LogP) is 6.61. The topological polar surface area (TPSA) is 55.7 Å². The number of oxime groups is 1. The maximum Gasteiger partial charge on any atom is 0.331 e. The summed E-state index contributed by atoms with van der Waals surface area (Å²) in [7, 11) is 0. The first kappa shape index (κ1) is 23.2. The number of aryl methyl sites for hydroxylation is 1. The molecule has 0 amide bonds. The molecule has 0 atom stereocenters. The molecule has 0 heterocycles. The molecule has 0 aliphatic carbocycles. The van der Waals surface area contributed by atoms with Gasteiger partial charge in [-0.15, -0.1) is 6.58 Å². The summed E-state index contributed by atoms with van der Waals surface area (Å²) in [6.45, 7) is 7.01. The van der Waals surface area contributed by atoms with E-state index in [1.807, 2.05) is 79.7 Å². The van der Waals surface area contributed by atoms with Crippen LogP contribution in [-0.4, -0.2) is 17.5 Å². The summed E-state index contributed by atoms with van der Waals surface area (Å²) in [5.74, 6) is -0.416. The number of carbonyl (C=O) groups excluding carboxylic acids is 2. The fraction of sp³-hybridized carbons (Fsp3) is 0.148. The average molecular weight is 444 g/mol. The standard InChI is InChI=1S/C27H25NO3S/c1-4-5-10-26(28-31-20(3)29)21-11-15-23(16-12-21)32-24-17-13-22(14-18-24)27(30)25-9-7-6-8-19(25)2/h4,6-9,11-18H,1,5,10H2,2-3H3. The van der Waals surface area contributed by atoms with Gasteiger partial charge in [0.25, 0.3) is 0 Å². The monoisotopic (exact) mass is 443 g/mol. The van der Waals surface area contributed by atoms with Gasteiger partial charge in [-0.1, -0.05) is 59.4 Å². The van der Waals surface area contributed by atoms with Crippen LogP contribution in [0.3, 0.4) is 0 Å². The summed E-state index contributed by atoms with van der Waals surface area (Å²) in [6.07, 6.45) is 3.19. The molecule has 0 aliphatic rings. The van der Waals surface area contributed by atoms with Crippen LogP contribution in [0.1, 0.15) is 46.8 Å². The minimum Gasteiger partial charge on any atom is -0.318 e. The Kier molecular flexibility index (Phi) is 8.17. The van der Waals surface area contributed by atoms with Gasteiger partial charge in [0, 0.05) is 27.8 Å². The highest BCUT2D eigenvalue weighted by atomic mass is 32.2. The van der Waals surface area contributed by atoms with Crippen molar-refractivity contribution < 1.29 is 14.4 Å². The van der Waals surface area contributed by atoms with Gasteiger partial charge in [-0.25, -0.2) is 4.79 Å². The Morgan fingerprint density at radius 3 is 2.09 bits per heavy atom. The first-order chi connectivity index (χ1) is 15.5. The summed E-state index contributed by atoms with van der Waals surface area (Å²) in [4.78, 5) is 30.8. The maximum atomic E-state index is 12.8. The molecule has 3 aromatic carbocycles. The second-order valence-corrected chi connectivity index (χ2v) is 8.39. The van der Waals surface area contributed by atoms with Crippen LogP contribution in [0, 0.1) is 6.92 Å². The number of allylic oxidation sites excluding steroid dienone is 1. The van der Waals surface area contributed by atoms with Gasteiger partial charge in [-0.05, 0) is 67.3 Å². The Morgan fingerprint density at radius 2 is 1.53 bits per heavy atom. The Labute approximate surface area is 193 Å². The maximum absolute atomic E-state index is 12.8. The summed E-state index contributed by atoms with van der Waals surface area (Å²) in [5, 5.41) is 3.98. The minimum atomic E-state index is -0.447. The number of carbonyl (C=O) groups is 2. The van der Waals surface area contributed by atoms with E-state index in [1.165, 1.54) is 6.92 Å². The van der Waals surface area contributed by atoms with E-state index in [4.69, 9.17) is 4.84 Å². The van der Waals surface area contributed by atoms with Crippen molar-refractivity contribution in [3.05, 3.63) is 108 Å². The number of hydrogen-bond donors (Lipinski definition) is 0. The number of ketones is 1. The fourth-order valence-corrected chi connectivity index (χ4v) is 3.93. The van der Waals surface area contributed by atoms with Crippen molar-refractivity contribution in [3.8, 4) is 0 Å². The van der Waals surface area contributed by atoms with Crippen molar-refractivity contribution in [2.45, 2.75) is 36.5 Å². The number of benzene rings is 3. The van der Waals surface area contributed by atoms with Gasteiger partial charge in [-0.2, -0.15) is 0 Å². The van der Waals surface area contributed by atoms with Crippen molar-refractivity contribution in [1.82, 2.24) is 0 Å². The molecule has 4 nitrogen and oxygen atoms in total. The highest BCUT2D eigenvalue weighted by Gasteiger charge is 2.11. The van der Waals surface area contributed by atoms with E-state index in [1.54, 1.807) is 17.8 Å². The smallest absolute Gasteiger partial charge is 0.318 e. The predicted molar refractivity (Wildman–Crippen MR) is 129 cm³/mol. The van der Waals surface area contributed by atoms with E-state index >= 15 is 0 Å². The summed E-state index contributed by atoms with van der Waals surface area (Å²) < 4.78 is 0. The van der Waals surface area contributed by atoms with Crippen molar-refractivity contribution in [2.75, 3.05) is 0 Å². The molecule has 0 bridgehead atoms. The molecule has 5 heteroatoms. The molecule has 3 aromatic rings. The lowest BCUT2D eigenvalue weighted by molar-refractivity contribution is -0.140. The first-order valence-corrected chi connectivity index (χ1v) is 11.1. The molecule has 0 N–H and O–H groups in total. The third-order valence-electron chi connectivity index (χ3n) is 4.80. The van der Waals surface area contributed by atoms with Crippen LogP contribution >= 0.6 is 11.8 Å². The van der Waals surface area contributed by atoms with Crippen LogP contribution in [0.4, 0.5) is 0 Å². The number of nitrogens with zero attached hydrogens (tertiary/aromatic N) is 1. The minimum absolute atomic E-state index is 0.0307. The average Bonchev–Trinajstić information content (AvgIpc) is 2.80. The molecule has 0 radical (unpaired) electrons. The fourth-order valence-electron chi connectivity index (χ4n) is 3.11. The van der Waals surface area contributed by atoms with Crippen LogP contribution in [0.5, 0.6) is 0 Å². The van der Waals surface area contributed by atoms with Gasteiger partial charge in [0.05, 0.1) is 5.71 Å². The van der Waals surface area contributed by atoms with Gasteiger partial charge in [-0.3, -0.25) is 4.79 Å². The zero-order chi connectivity index (χ0) is 22.9. The van der Waals surface area contributed by atoms with Gasteiger partial charge in [0.15, 0.2) is 5.78 Å². The molecule has 162 valence electrons. The van der Waals surface area contributed by atoms with Crippen molar-refractivity contribution in [1.29, 1.82) is 0 Å². The summed E-state index contributed by atoms with van der Waals surface area (Å²) in [6, 6.07) is 23.2. The molecular weight excluding hydrogens is 418 g/mol. The summed E-state index contributed by atoms with van der Waals surface area (Å²) >= 11 is 1.61. The van der Waals surface area contributed by atoms with Crippen LogP contribution in [0.2, 0.25) is 0 Å². The van der Waals surface area contributed by atoms with Crippen molar-refractivity contribution >= 4 is 29.2 Å². The molecular formula is C27H25NO3S. The number of hydrogen-bond acceptors (Lipinski definition) is 5. The third kappa shape index (κ3) is 6.28. The van der Waals surface area contributed by atoms with Crippen molar-refractivity contribution in [3.63, 3.8) is 0 Å². The zero-order valence-corrected chi connectivity index (χ0v) is 19.0. The van der Waals surface area contributed by atoms with Crippen LogP contribution in [-0.2, 0) is 9.63 Å². The Bertz CT molecular complexity index is 1130. The second kappa shape index (κ2) is 11.3. The molecule has 3 rings (SSSR count). The van der Waals surface area contributed by atoms with Crippen LogP contribution in [0.15, 0.2) is 100 Å². The molecule has 0 unspecified atom stereocenters. The Hall–Kier alpha value is -3.44. The van der Waals surface area contributed by atoms with Gasteiger partial charge in [0.1, 0.15) is 0 Å². The molecule has 0 aliphatic heterocycles. The lowest BCUT2D eigenvalue weighted by Gasteiger charge is -2.08. The molecule has 0 aromatic heterocycles. The lowest BCUT2D eigenvalue weighted by Crippen LogP contribution is -2.04. The van der Waals surface area contributed by atoms with E-state index in [9.17, 15) is 9.59 Å². The van der Waals surface area contributed by atoms with Crippen LogP contribution in [0.25, 0.3) is 0 Å². The van der Waals surface area contributed by atoms with E-state index in [-0.39, 0.29) is 5.78 Å². The second-order valence-electron chi connectivity index (χ2n) is 7.24. The van der Waals surface area contributed by atoms with E-state index in [0.29, 0.717) is 17.7 Å². The van der Waals surface area contributed by atoms with Gasteiger partial charge >= 0.3 is 5.97 Å². The zero-order valence-electron chi connectivity index (χ0n) is 18.2. The van der Waals surface area contributed by atoms with Gasteiger partial charge in [0.2, 0.25) is 0 Å². The molecule has 0 saturated carbocycles. The van der Waals surface area contributed by atoms with Crippen molar-refractivity contribution in [2.24, 2.45) is 5.16 Å². The van der Waals surface area contributed by atoms with E-state index in [0.717, 1.165) is 32.9 Å². The molecule has 0 saturated heterocycles. The largest absolute Gasteiger partial charge is 0.331 e. The van der Waals surface area contributed by atoms with Crippen LogP contribution < -0.4 is 0 Å². The lowest BCUT2D eigenvalue weighted by atomic mass is 9.99. The van der Waals surface area contributed by atoms with E-state index in [2.05, 4.69) is 11.7 Å². The highest BCUT2D eigenvalue weighted by molar-refractivity contribution is 7.99. The normalized spacial score (nSPS) is 11.1. The Morgan fingerprint density at radius 1 is 0.938 bits per heavy atom. The van der Waals surface area contributed by atoms with E-state index < -0.39 is 5.97 Å². The first-order valence-electron chi connectivity index (χ1n) is 10.3. The summed E-state index contributed by atoms with van der Waals surface area (Å²) in [5.41, 5.74) is 3.98. The molecule has 0 spiro atoms. The SMILES string of the molecule is C=CCCC(=NOC(C)=O)c1ccc(Sc2ccc(C(=O)c3ccccc3C)cc2)cc1. The Balaban J connectivity index is 1.70. The quantitative estimate of drug-likeness (QED) is 0.123. The molecule has 32 heavy (non-hydrogen) atoms.